The van der Waals surface area contributed by atoms with Gasteiger partial charge in [0.25, 0.3) is 0 Å². The van der Waals surface area contributed by atoms with E-state index in [1.165, 1.54) is 6.26 Å². The SMILES string of the molecule is CCCc1n[nH]c(=S)n1Cc1ccc(S(C)(=O)=O)cc1. The van der Waals surface area contributed by atoms with E-state index in [4.69, 9.17) is 12.2 Å². The van der Waals surface area contributed by atoms with Crippen LogP contribution in [0.5, 0.6) is 0 Å². The first-order valence-corrected chi connectivity index (χ1v) is 8.65. The maximum atomic E-state index is 11.4. The van der Waals surface area contributed by atoms with Gasteiger partial charge in [0.1, 0.15) is 5.82 Å². The Hall–Kier alpha value is -1.47. The number of aromatic amines is 1. The van der Waals surface area contributed by atoms with Crippen LogP contribution in [0.3, 0.4) is 0 Å². The summed E-state index contributed by atoms with van der Waals surface area (Å²) in [5.74, 6) is 0.921. The monoisotopic (exact) mass is 311 g/mol. The van der Waals surface area contributed by atoms with Gasteiger partial charge in [-0.3, -0.25) is 9.67 Å². The molecule has 1 heterocycles. The van der Waals surface area contributed by atoms with E-state index in [0.29, 0.717) is 16.2 Å². The molecule has 0 saturated heterocycles. The molecular weight excluding hydrogens is 294 g/mol. The molecule has 0 atom stereocenters. The van der Waals surface area contributed by atoms with Crippen LogP contribution in [0, 0.1) is 4.77 Å². The molecule has 0 unspecified atom stereocenters. The lowest BCUT2D eigenvalue weighted by Crippen LogP contribution is -2.06. The number of aryl methyl sites for hydroxylation is 1. The number of benzene rings is 1. The highest BCUT2D eigenvalue weighted by molar-refractivity contribution is 7.90. The van der Waals surface area contributed by atoms with Gasteiger partial charge in [-0.1, -0.05) is 19.1 Å². The van der Waals surface area contributed by atoms with E-state index in [9.17, 15) is 8.42 Å². The molecule has 5 nitrogen and oxygen atoms in total. The summed E-state index contributed by atoms with van der Waals surface area (Å²) in [5.41, 5.74) is 0.993. The van der Waals surface area contributed by atoms with E-state index in [0.717, 1.165) is 24.2 Å². The first-order chi connectivity index (χ1) is 9.41. The summed E-state index contributed by atoms with van der Waals surface area (Å²) in [4.78, 5) is 0.325. The minimum atomic E-state index is -3.15. The highest BCUT2D eigenvalue weighted by atomic mass is 32.2. The number of H-pyrrole nitrogens is 1. The van der Waals surface area contributed by atoms with Gasteiger partial charge in [-0.2, -0.15) is 5.10 Å². The molecule has 20 heavy (non-hydrogen) atoms. The highest BCUT2D eigenvalue weighted by Crippen LogP contribution is 2.12. The van der Waals surface area contributed by atoms with Crippen molar-refractivity contribution >= 4 is 22.1 Å². The first kappa shape index (κ1) is 14.9. The van der Waals surface area contributed by atoms with Gasteiger partial charge in [-0.05, 0) is 36.3 Å². The summed E-state index contributed by atoms with van der Waals surface area (Å²) in [6, 6.07) is 6.85. The van der Waals surface area contributed by atoms with Crippen LogP contribution < -0.4 is 0 Å². The molecule has 2 aromatic rings. The second kappa shape index (κ2) is 5.88. The first-order valence-electron chi connectivity index (χ1n) is 6.35. The Morgan fingerprint density at radius 1 is 1.30 bits per heavy atom. The fourth-order valence-corrected chi connectivity index (χ4v) is 2.80. The third-order valence-electron chi connectivity index (χ3n) is 3.00. The van der Waals surface area contributed by atoms with Gasteiger partial charge in [0.05, 0.1) is 11.4 Å². The third-order valence-corrected chi connectivity index (χ3v) is 4.44. The number of hydrogen-bond donors (Lipinski definition) is 1. The molecular formula is C13H17N3O2S2. The molecule has 0 spiro atoms. The smallest absolute Gasteiger partial charge is 0.195 e. The second-order valence-corrected chi connectivity index (χ2v) is 7.10. The average Bonchev–Trinajstić information content (AvgIpc) is 2.72. The molecule has 108 valence electrons. The maximum Gasteiger partial charge on any atom is 0.195 e. The molecule has 0 aliphatic carbocycles. The molecule has 0 aliphatic rings. The summed E-state index contributed by atoms with van der Waals surface area (Å²) in [6.45, 7) is 2.68. The Balaban J connectivity index is 2.27. The van der Waals surface area contributed by atoms with Crippen LogP contribution in [0.1, 0.15) is 24.7 Å². The lowest BCUT2D eigenvalue weighted by molar-refractivity contribution is 0.602. The molecule has 1 N–H and O–H groups in total. The number of nitrogens with zero attached hydrogens (tertiary/aromatic N) is 2. The topological polar surface area (TPSA) is 67.8 Å². The number of rotatable bonds is 5. The fraction of sp³-hybridized carbons (Fsp3) is 0.385. The Kier molecular flexibility index (Phi) is 4.39. The fourth-order valence-electron chi connectivity index (χ4n) is 1.95. The summed E-state index contributed by atoms with van der Waals surface area (Å²) < 4.78 is 25.4. The molecule has 7 heteroatoms. The lowest BCUT2D eigenvalue weighted by atomic mass is 10.2. The van der Waals surface area contributed by atoms with Crippen LogP contribution in [0.4, 0.5) is 0 Å². The molecule has 0 aliphatic heterocycles. The predicted octanol–water partition coefficient (Wildman–Crippen LogP) is 2.34. The molecule has 0 saturated carbocycles. The van der Waals surface area contributed by atoms with Crippen LogP contribution in [0.2, 0.25) is 0 Å². The van der Waals surface area contributed by atoms with E-state index < -0.39 is 9.84 Å². The highest BCUT2D eigenvalue weighted by Gasteiger charge is 2.08. The Labute approximate surface area is 123 Å². The largest absolute Gasteiger partial charge is 0.300 e. The van der Waals surface area contributed by atoms with Crippen molar-refractivity contribution in [3.05, 3.63) is 40.4 Å². The van der Waals surface area contributed by atoms with Gasteiger partial charge in [0.2, 0.25) is 0 Å². The zero-order valence-corrected chi connectivity index (χ0v) is 13.1. The molecule has 1 aromatic heterocycles. The number of sulfone groups is 1. The number of hydrogen-bond acceptors (Lipinski definition) is 4. The van der Waals surface area contributed by atoms with Gasteiger partial charge >= 0.3 is 0 Å². The van der Waals surface area contributed by atoms with Crippen molar-refractivity contribution in [3.63, 3.8) is 0 Å². The van der Waals surface area contributed by atoms with Crippen molar-refractivity contribution in [2.75, 3.05) is 6.26 Å². The predicted molar refractivity (Wildman–Crippen MR) is 80.1 cm³/mol. The van der Waals surface area contributed by atoms with Crippen LogP contribution in [-0.4, -0.2) is 29.4 Å². The van der Waals surface area contributed by atoms with Crippen molar-refractivity contribution in [3.8, 4) is 0 Å². The van der Waals surface area contributed by atoms with Crippen molar-refractivity contribution in [2.45, 2.75) is 31.2 Å². The van der Waals surface area contributed by atoms with Crippen LogP contribution in [-0.2, 0) is 22.8 Å². The van der Waals surface area contributed by atoms with E-state index in [2.05, 4.69) is 17.1 Å². The van der Waals surface area contributed by atoms with E-state index in [1.807, 2.05) is 4.57 Å². The third kappa shape index (κ3) is 3.34. The van der Waals surface area contributed by atoms with E-state index in [-0.39, 0.29) is 0 Å². The van der Waals surface area contributed by atoms with Crippen molar-refractivity contribution in [1.82, 2.24) is 14.8 Å². The van der Waals surface area contributed by atoms with E-state index in [1.54, 1.807) is 24.3 Å². The minimum absolute atomic E-state index is 0.325. The molecule has 0 radical (unpaired) electrons. The second-order valence-electron chi connectivity index (χ2n) is 4.70. The minimum Gasteiger partial charge on any atom is -0.300 e. The lowest BCUT2D eigenvalue weighted by Gasteiger charge is -2.07. The molecule has 0 fully saturated rings. The Morgan fingerprint density at radius 2 is 1.95 bits per heavy atom. The average molecular weight is 311 g/mol. The summed E-state index contributed by atoms with van der Waals surface area (Å²) in [5, 5.41) is 7.01. The Bertz CT molecular complexity index is 743. The molecule has 1 aromatic carbocycles. The normalized spacial score (nSPS) is 11.7. The van der Waals surface area contributed by atoms with Gasteiger partial charge in [-0.15, -0.1) is 0 Å². The van der Waals surface area contributed by atoms with Gasteiger partial charge in [0.15, 0.2) is 14.6 Å². The Morgan fingerprint density at radius 3 is 2.50 bits per heavy atom. The quantitative estimate of drug-likeness (QED) is 0.861. The maximum absolute atomic E-state index is 11.4. The summed E-state index contributed by atoms with van der Waals surface area (Å²) in [6.07, 6.45) is 3.05. The number of nitrogens with one attached hydrogen (secondary N) is 1. The molecule has 0 amide bonds. The van der Waals surface area contributed by atoms with Gasteiger partial charge in [-0.25, -0.2) is 8.42 Å². The van der Waals surface area contributed by atoms with Crippen molar-refractivity contribution in [2.24, 2.45) is 0 Å². The summed E-state index contributed by atoms with van der Waals surface area (Å²) >= 11 is 5.22. The van der Waals surface area contributed by atoms with Crippen LogP contribution in [0.25, 0.3) is 0 Å². The number of aromatic nitrogens is 3. The van der Waals surface area contributed by atoms with Crippen LogP contribution >= 0.6 is 12.2 Å². The van der Waals surface area contributed by atoms with Crippen molar-refractivity contribution < 1.29 is 8.42 Å². The van der Waals surface area contributed by atoms with E-state index >= 15 is 0 Å². The van der Waals surface area contributed by atoms with Crippen LogP contribution in [0.15, 0.2) is 29.2 Å². The molecule has 0 bridgehead atoms. The van der Waals surface area contributed by atoms with Crippen molar-refractivity contribution in [1.29, 1.82) is 0 Å². The van der Waals surface area contributed by atoms with Gasteiger partial charge < -0.3 is 0 Å². The zero-order valence-electron chi connectivity index (χ0n) is 11.5. The summed E-state index contributed by atoms with van der Waals surface area (Å²) in [7, 11) is -3.15. The molecule has 2 rings (SSSR count). The van der Waals surface area contributed by atoms with Gasteiger partial charge in [0, 0.05) is 12.7 Å². The zero-order chi connectivity index (χ0) is 14.8. The standard InChI is InChI=1S/C13H17N3O2S2/c1-3-4-12-14-15-13(19)16(12)9-10-5-7-11(8-6-10)20(2,17)18/h5-8H,3-4,9H2,1-2H3,(H,15,19).